The summed E-state index contributed by atoms with van der Waals surface area (Å²) in [7, 11) is 0. The monoisotopic (exact) mass is 652 g/mol. The van der Waals surface area contributed by atoms with Gasteiger partial charge in [0.05, 0.1) is 23.7 Å². The number of carboxylic acids is 2. The summed E-state index contributed by atoms with van der Waals surface area (Å²) in [5, 5.41) is 23.6. The van der Waals surface area contributed by atoms with Gasteiger partial charge in [0.15, 0.2) is 5.78 Å². The third kappa shape index (κ3) is 5.95. The average Bonchev–Trinajstić information content (AvgIpc) is 3.68. The van der Waals surface area contributed by atoms with Gasteiger partial charge in [0.1, 0.15) is 17.6 Å². The fourth-order valence-corrected chi connectivity index (χ4v) is 5.45. The van der Waals surface area contributed by atoms with Crippen molar-refractivity contribution < 1.29 is 29.0 Å². The maximum Gasteiger partial charge on any atom is 0.326 e. The van der Waals surface area contributed by atoms with Crippen molar-refractivity contribution in [2.24, 2.45) is 0 Å². The number of Topliss-reactive ketones (excluding diaryl/α,β-unsaturated/α-hetero) is 1. The van der Waals surface area contributed by atoms with Crippen LogP contribution >= 0.6 is 15.9 Å². The number of carboxylic acid groups (broad SMARTS) is 2. The van der Waals surface area contributed by atoms with Gasteiger partial charge in [-0.2, -0.15) is 4.98 Å². The molecule has 0 aliphatic rings. The summed E-state index contributed by atoms with van der Waals surface area (Å²) < 4.78 is 7.99. The number of aromatic nitrogens is 3. The molecule has 1 unspecified atom stereocenters. The van der Waals surface area contributed by atoms with E-state index in [1.54, 1.807) is 35.2 Å². The average molecular weight is 653 g/mol. The molecule has 44 heavy (non-hydrogen) atoms. The molecule has 0 amide bonds. The lowest BCUT2D eigenvalue weighted by Gasteiger charge is -2.18. The van der Waals surface area contributed by atoms with E-state index in [-0.39, 0.29) is 31.0 Å². The molecule has 0 radical (unpaired) electrons. The maximum atomic E-state index is 13.1. The highest BCUT2D eigenvalue weighted by Gasteiger charge is 2.23. The minimum atomic E-state index is -1.06. The van der Waals surface area contributed by atoms with Gasteiger partial charge in [-0.25, -0.2) is 9.78 Å². The topological polar surface area (TPSA) is 148 Å². The molecule has 10 nitrogen and oxygen atoms in total. The van der Waals surface area contributed by atoms with Crippen molar-refractivity contribution in [3.63, 3.8) is 0 Å². The molecular formula is C33H25BrN4O6. The third-order valence-corrected chi connectivity index (χ3v) is 7.72. The molecule has 0 saturated heterocycles. The largest absolute Gasteiger partial charge is 0.481 e. The van der Waals surface area contributed by atoms with E-state index in [4.69, 9.17) is 19.5 Å². The van der Waals surface area contributed by atoms with E-state index < -0.39 is 18.0 Å². The zero-order valence-corrected chi connectivity index (χ0v) is 24.7. The molecule has 0 saturated carbocycles. The van der Waals surface area contributed by atoms with E-state index in [9.17, 15) is 19.5 Å². The van der Waals surface area contributed by atoms with Crippen molar-refractivity contribution in [1.82, 2.24) is 14.5 Å². The molecule has 6 rings (SSSR count). The van der Waals surface area contributed by atoms with E-state index in [0.717, 1.165) is 15.6 Å². The Morgan fingerprint density at radius 3 is 2.45 bits per heavy atom. The van der Waals surface area contributed by atoms with Crippen LogP contribution in [0.2, 0.25) is 0 Å². The molecule has 3 aromatic carbocycles. The number of fused-ring (bicyclic) bond motifs is 2. The zero-order chi connectivity index (χ0) is 30.8. The SMILES string of the molecule is O=C(O)CCC(=O)c1cn(-c2nc(NC(Cc3ccccc3)C(=O)O)c3cc(-c4ccco4)ccc3n2)c2ccc(Br)cc12. The Bertz CT molecular complexity index is 2020. The number of nitrogens with zero attached hydrogens (tertiary/aromatic N) is 3. The first-order chi connectivity index (χ1) is 21.3. The van der Waals surface area contributed by atoms with Crippen molar-refractivity contribution in [3.05, 3.63) is 107 Å². The van der Waals surface area contributed by atoms with Gasteiger partial charge in [0.2, 0.25) is 5.95 Å². The first kappa shape index (κ1) is 28.8. The summed E-state index contributed by atoms with van der Waals surface area (Å²) in [6.45, 7) is 0. The lowest BCUT2D eigenvalue weighted by atomic mass is 10.1. The summed E-state index contributed by atoms with van der Waals surface area (Å²) in [6, 6.07) is 22.8. The standard InChI is InChI=1S/C33H25BrN4O6/c34-21-9-11-27-22(17-21)24(28(39)12-13-30(40)41)18-38(27)33-36-25-10-8-20(29-7-4-14-44-29)16-23(25)31(37-33)35-26(32(42)43)15-19-5-2-1-3-6-19/h1-11,14,16-18,26H,12-13,15H2,(H,40,41)(H,42,43)(H,35,36,37). The van der Waals surface area contributed by atoms with Crippen LogP contribution in [0.5, 0.6) is 0 Å². The van der Waals surface area contributed by atoms with Crippen LogP contribution in [0.25, 0.3) is 39.1 Å². The van der Waals surface area contributed by atoms with Gasteiger partial charge in [0, 0.05) is 45.4 Å². The second-order valence-electron chi connectivity index (χ2n) is 10.2. The molecule has 0 aliphatic heterocycles. The Labute approximate surface area is 259 Å². The Morgan fingerprint density at radius 2 is 1.73 bits per heavy atom. The smallest absolute Gasteiger partial charge is 0.326 e. The predicted molar refractivity (Wildman–Crippen MR) is 168 cm³/mol. The molecule has 3 N–H and O–H groups in total. The van der Waals surface area contributed by atoms with Gasteiger partial charge in [-0.3, -0.25) is 14.2 Å². The molecule has 1 atom stereocenters. The highest BCUT2D eigenvalue weighted by molar-refractivity contribution is 9.10. The summed E-state index contributed by atoms with van der Waals surface area (Å²) in [5.74, 6) is -1.31. The van der Waals surface area contributed by atoms with Gasteiger partial charge >= 0.3 is 11.9 Å². The highest BCUT2D eigenvalue weighted by Crippen LogP contribution is 2.32. The zero-order valence-electron chi connectivity index (χ0n) is 23.1. The van der Waals surface area contributed by atoms with E-state index >= 15 is 0 Å². The molecule has 3 aromatic heterocycles. The Morgan fingerprint density at radius 1 is 0.909 bits per heavy atom. The van der Waals surface area contributed by atoms with Gasteiger partial charge in [-0.15, -0.1) is 0 Å². The Kier molecular flexibility index (Phi) is 7.95. The molecule has 0 fully saturated rings. The second kappa shape index (κ2) is 12.1. The van der Waals surface area contributed by atoms with Crippen LogP contribution in [0.1, 0.15) is 28.8 Å². The summed E-state index contributed by atoms with van der Waals surface area (Å²) >= 11 is 3.46. The lowest BCUT2D eigenvalue weighted by Crippen LogP contribution is -2.32. The van der Waals surface area contributed by atoms with E-state index in [1.807, 2.05) is 60.7 Å². The summed E-state index contributed by atoms with van der Waals surface area (Å²) in [5.41, 5.74) is 3.10. The van der Waals surface area contributed by atoms with Crippen molar-refractivity contribution >= 4 is 61.3 Å². The van der Waals surface area contributed by atoms with E-state index in [2.05, 4.69) is 21.2 Å². The summed E-state index contributed by atoms with van der Waals surface area (Å²) in [4.78, 5) is 46.3. The molecule has 6 aromatic rings. The van der Waals surface area contributed by atoms with Crippen LogP contribution < -0.4 is 5.32 Å². The fraction of sp³-hybridized carbons (Fsp3) is 0.121. The first-order valence-corrected chi connectivity index (χ1v) is 14.5. The molecule has 11 heteroatoms. The van der Waals surface area contributed by atoms with Crippen molar-refractivity contribution in [3.8, 4) is 17.3 Å². The Balaban J connectivity index is 1.51. The number of carbonyl (C=O) groups is 3. The second-order valence-corrected chi connectivity index (χ2v) is 11.1. The number of ketones is 1. The molecule has 0 bridgehead atoms. The van der Waals surface area contributed by atoms with Crippen molar-refractivity contribution in [2.45, 2.75) is 25.3 Å². The number of anilines is 1. The van der Waals surface area contributed by atoms with E-state index in [0.29, 0.717) is 38.9 Å². The van der Waals surface area contributed by atoms with Crippen LogP contribution in [-0.2, 0) is 16.0 Å². The van der Waals surface area contributed by atoms with Gasteiger partial charge in [-0.1, -0.05) is 46.3 Å². The lowest BCUT2D eigenvalue weighted by molar-refractivity contribution is -0.138. The number of rotatable bonds is 11. The van der Waals surface area contributed by atoms with Crippen molar-refractivity contribution in [1.29, 1.82) is 0 Å². The minimum absolute atomic E-state index is 0.165. The van der Waals surface area contributed by atoms with Crippen LogP contribution in [0, 0.1) is 0 Å². The number of furan rings is 1. The van der Waals surface area contributed by atoms with Gasteiger partial charge in [-0.05, 0) is 54.1 Å². The van der Waals surface area contributed by atoms with Crippen LogP contribution in [0.4, 0.5) is 5.82 Å². The third-order valence-electron chi connectivity index (χ3n) is 7.23. The number of hydrogen-bond acceptors (Lipinski definition) is 7. The minimum Gasteiger partial charge on any atom is -0.481 e. The number of aliphatic carboxylic acids is 2. The maximum absolute atomic E-state index is 13.1. The Hall–Kier alpha value is -5.29. The van der Waals surface area contributed by atoms with Crippen LogP contribution in [0.15, 0.2) is 100 Å². The highest BCUT2D eigenvalue weighted by atomic mass is 79.9. The summed E-state index contributed by atoms with van der Waals surface area (Å²) in [6.07, 6.45) is 2.92. The number of benzene rings is 3. The van der Waals surface area contributed by atoms with Crippen LogP contribution in [-0.4, -0.2) is 48.5 Å². The quantitative estimate of drug-likeness (QED) is 0.129. The molecule has 0 aliphatic carbocycles. The number of halogens is 1. The molecular weight excluding hydrogens is 628 g/mol. The predicted octanol–water partition coefficient (Wildman–Crippen LogP) is 6.75. The van der Waals surface area contributed by atoms with Gasteiger partial charge in [0.25, 0.3) is 0 Å². The normalized spacial score (nSPS) is 11.9. The number of nitrogens with one attached hydrogen (secondary N) is 1. The first-order valence-electron chi connectivity index (χ1n) is 13.7. The number of hydrogen-bond donors (Lipinski definition) is 3. The molecule has 3 heterocycles. The van der Waals surface area contributed by atoms with Crippen LogP contribution in [0.3, 0.4) is 0 Å². The van der Waals surface area contributed by atoms with Gasteiger partial charge < -0.3 is 19.9 Å². The number of carbonyl (C=O) groups excluding carboxylic acids is 1. The van der Waals surface area contributed by atoms with Crippen molar-refractivity contribution in [2.75, 3.05) is 5.32 Å². The fourth-order valence-electron chi connectivity index (χ4n) is 5.09. The van der Waals surface area contributed by atoms with E-state index in [1.165, 1.54) is 0 Å². The molecule has 0 spiro atoms. The molecule has 220 valence electrons.